The monoisotopic (exact) mass is 292 g/mol. The van der Waals surface area contributed by atoms with Crippen molar-refractivity contribution in [2.24, 2.45) is 0 Å². The van der Waals surface area contributed by atoms with Crippen LogP contribution in [-0.4, -0.2) is 17.2 Å². The van der Waals surface area contributed by atoms with Gasteiger partial charge in [0.05, 0.1) is 6.20 Å². The van der Waals surface area contributed by atoms with Crippen molar-refractivity contribution in [3.05, 3.63) is 47.6 Å². The second kappa shape index (κ2) is 6.88. The molecule has 0 saturated heterocycles. The zero-order chi connectivity index (χ0) is 15.2. The van der Waals surface area contributed by atoms with Gasteiger partial charge in [-0.05, 0) is 25.5 Å². The third-order valence-electron chi connectivity index (χ3n) is 3.07. The van der Waals surface area contributed by atoms with Gasteiger partial charge in [-0.1, -0.05) is 24.2 Å². The predicted octanol–water partition coefficient (Wildman–Crippen LogP) is 2.60. The summed E-state index contributed by atoms with van der Waals surface area (Å²) in [4.78, 5) is 12.1. The fourth-order valence-corrected chi connectivity index (χ4v) is 1.80. The number of hydrogen-bond donors (Lipinski definition) is 1. The third kappa shape index (κ3) is 3.81. The Morgan fingerprint density at radius 2 is 2.24 bits per heavy atom. The number of rotatable bonds is 6. The van der Waals surface area contributed by atoms with Crippen LogP contribution in [-0.2, 0) is 11.3 Å². The smallest absolute Gasteiger partial charge is 0.261 e. The van der Waals surface area contributed by atoms with Crippen molar-refractivity contribution < 1.29 is 18.4 Å². The fraction of sp³-hybridized carbons (Fsp3) is 0.333. The number of ether oxygens (including phenoxy) is 1. The van der Waals surface area contributed by atoms with E-state index in [9.17, 15) is 9.18 Å². The van der Waals surface area contributed by atoms with Crippen molar-refractivity contribution in [1.82, 2.24) is 10.5 Å². The molecule has 0 saturated carbocycles. The number of nitrogens with zero attached hydrogens (tertiary/aromatic N) is 1. The molecule has 1 N–H and O–H groups in total. The number of nitrogens with one attached hydrogen (secondary N) is 1. The molecule has 5 nitrogen and oxygen atoms in total. The Kier molecular flexibility index (Phi) is 4.92. The normalized spacial score (nSPS) is 12.0. The molecule has 0 fully saturated rings. The molecule has 0 aliphatic carbocycles. The van der Waals surface area contributed by atoms with Crippen LogP contribution in [0.3, 0.4) is 0 Å². The van der Waals surface area contributed by atoms with Crippen LogP contribution in [0.25, 0.3) is 0 Å². The molecule has 1 unspecified atom stereocenters. The maximum Gasteiger partial charge on any atom is 0.261 e. The second-order valence-corrected chi connectivity index (χ2v) is 4.57. The van der Waals surface area contributed by atoms with Crippen molar-refractivity contribution in [1.29, 1.82) is 0 Å². The van der Waals surface area contributed by atoms with E-state index < -0.39 is 11.9 Å². The van der Waals surface area contributed by atoms with E-state index in [0.717, 1.165) is 5.56 Å². The summed E-state index contributed by atoms with van der Waals surface area (Å²) in [6.45, 7) is 3.86. The number of halogens is 1. The SMILES string of the molecule is CCC(Oc1ccccc1F)C(=O)NCc1cnoc1C. The van der Waals surface area contributed by atoms with Crippen LogP contribution in [0.2, 0.25) is 0 Å². The fourth-order valence-electron chi connectivity index (χ4n) is 1.80. The molecule has 2 aromatic rings. The summed E-state index contributed by atoms with van der Waals surface area (Å²) < 4.78 is 23.9. The summed E-state index contributed by atoms with van der Waals surface area (Å²) in [5, 5.41) is 6.37. The molecule has 0 aliphatic rings. The van der Waals surface area contributed by atoms with Crippen molar-refractivity contribution >= 4 is 5.91 Å². The Bertz CT molecular complexity index is 612. The van der Waals surface area contributed by atoms with Crippen LogP contribution in [0.4, 0.5) is 4.39 Å². The summed E-state index contributed by atoms with van der Waals surface area (Å²) >= 11 is 0. The van der Waals surface area contributed by atoms with E-state index >= 15 is 0 Å². The zero-order valence-electron chi connectivity index (χ0n) is 11.9. The molecule has 0 spiro atoms. The molecule has 6 heteroatoms. The molecular weight excluding hydrogens is 275 g/mol. The summed E-state index contributed by atoms with van der Waals surface area (Å²) in [6, 6.07) is 6.01. The van der Waals surface area contributed by atoms with E-state index in [1.165, 1.54) is 12.1 Å². The molecule has 112 valence electrons. The van der Waals surface area contributed by atoms with Crippen molar-refractivity contribution in [2.75, 3.05) is 0 Å². The minimum Gasteiger partial charge on any atom is -0.478 e. The number of carbonyl (C=O) groups is 1. The third-order valence-corrected chi connectivity index (χ3v) is 3.07. The highest BCUT2D eigenvalue weighted by molar-refractivity contribution is 5.81. The lowest BCUT2D eigenvalue weighted by molar-refractivity contribution is -0.128. The first-order valence-corrected chi connectivity index (χ1v) is 6.70. The lowest BCUT2D eigenvalue weighted by atomic mass is 10.2. The first kappa shape index (κ1) is 15.0. The van der Waals surface area contributed by atoms with Crippen LogP contribution < -0.4 is 10.1 Å². The van der Waals surface area contributed by atoms with E-state index in [2.05, 4.69) is 10.5 Å². The van der Waals surface area contributed by atoms with Gasteiger partial charge in [0.2, 0.25) is 0 Å². The number of carbonyl (C=O) groups excluding carboxylic acids is 1. The molecule has 0 aliphatic heterocycles. The van der Waals surface area contributed by atoms with Crippen molar-refractivity contribution in [3.63, 3.8) is 0 Å². The number of benzene rings is 1. The van der Waals surface area contributed by atoms with Gasteiger partial charge >= 0.3 is 0 Å². The lowest BCUT2D eigenvalue weighted by Crippen LogP contribution is -2.37. The van der Waals surface area contributed by atoms with E-state index in [0.29, 0.717) is 18.7 Å². The quantitative estimate of drug-likeness (QED) is 0.889. The molecule has 1 amide bonds. The Hall–Kier alpha value is -2.37. The molecule has 21 heavy (non-hydrogen) atoms. The van der Waals surface area contributed by atoms with Crippen LogP contribution in [0.1, 0.15) is 24.7 Å². The Balaban J connectivity index is 1.96. The summed E-state index contributed by atoms with van der Waals surface area (Å²) in [5.74, 6) is -0.0704. The van der Waals surface area contributed by atoms with E-state index in [1.54, 1.807) is 32.2 Å². The van der Waals surface area contributed by atoms with Gasteiger partial charge in [-0.3, -0.25) is 4.79 Å². The highest BCUT2D eigenvalue weighted by atomic mass is 19.1. The van der Waals surface area contributed by atoms with Gasteiger partial charge in [0.1, 0.15) is 5.76 Å². The number of hydrogen-bond acceptors (Lipinski definition) is 4. The summed E-state index contributed by atoms with van der Waals surface area (Å²) in [5.41, 5.74) is 0.795. The molecular formula is C15H17FN2O3. The number of amides is 1. The minimum atomic E-state index is -0.748. The average molecular weight is 292 g/mol. The van der Waals surface area contributed by atoms with Crippen LogP contribution in [0.5, 0.6) is 5.75 Å². The van der Waals surface area contributed by atoms with E-state index in [1.807, 2.05) is 0 Å². The van der Waals surface area contributed by atoms with Gasteiger partial charge in [0.25, 0.3) is 5.91 Å². The Morgan fingerprint density at radius 3 is 2.86 bits per heavy atom. The minimum absolute atomic E-state index is 0.0701. The maximum atomic E-state index is 13.5. The standard InChI is InChI=1S/C15H17FN2O3/c1-3-13(20-14-7-5-4-6-12(14)16)15(19)17-8-11-9-18-21-10(11)2/h4-7,9,13H,3,8H2,1-2H3,(H,17,19). The lowest BCUT2D eigenvalue weighted by Gasteiger charge is -2.17. The van der Waals surface area contributed by atoms with Gasteiger partial charge < -0.3 is 14.6 Å². The van der Waals surface area contributed by atoms with Gasteiger partial charge in [0.15, 0.2) is 17.7 Å². The molecule has 1 aromatic heterocycles. The molecule has 1 atom stereocenters. The number of para-hydroxylation sites is 1. The molecule has 2 rings (SSSR count). The Labute approximate surface area is 122 Å². The highest BCUT2D eigenvalue weighted by Gasteiger charge is 2.20. The van der Waals surface area contributed by atoms with Gasteiger partial charge in [-0.2, -0.15) is 0 Å². The summed E-state index contributed by atoms with van der Waals surface area (Å²) in [7, 11) is 0. The predicted molar refractivity (Wildman–Crippen MR) is 74.2 cm³/mol. The molecule has 0 bridgehead atoms. The van der Waals surface area contributed by atoms with Crippen molar-refractivity contribution in [3.8, 4) is 5.75 Å². The molecule has 1 aromatic carbocycles. The van der Waals surface area contributed by atoms with Crippen molar-refractivity contribution in [2.45, 2.75) is 32.9 Å². The van der Waals surface area contributed by atoms with Gasteiger partial charge in [0, 0.05) is 12.1 Å². The van der Waals surface area contributed by atoms with Crippen LogP contribution in [0, 0.1) is 12.7 Å². The highest BCUT2D eigenvalue weighted by Crippen LogP contribution is 2.18. The maximum absolute atomic E-state index is 13.5. The summed E-state index contributed by atoms with van der Waals surface area (Å²) in [6.07, 6.45) is 1.24. The molecule has 1 heterocycles. The molecule has 0 radical (unpaired) electrons. The zero-order valence-corrected chi connectivity index (χ0v) is 11.9. The van der Waals surface area contributed by atoms with Gasteiger partial charge in [-0.25, -0.2) is 4.39 Å². The second-order valence-electron chi connectivity index (χ2n) is 4.57. The topological polar surface area (TPSA) is 64.4 Å². The van der Waals surface area contributed by atoms with Gasteiger partial charge in [-0.15, -0.1) is 0 Å². The van der Waals surface area contributed by atoms with E-state index in [4.69, 9.17) is 9.26 Å². The largest absolute Gasteiger partial charge is 0.478 e. The number of aromatic nitrogens is 1. The van der Waals surface area contributed by atoms with Crippen LogP contribution >= 0.6 is 0 Å². The Morgan fingerprint density at radius 1 is 1.48 bits per heavy atom. The first-order chi connectivity index (χ1) is 10.1. The first-order valence-electron chi connectivity index (χ1n) is 6.70. The average Bonchev–Trinajstić information content (AvgIpc) is 2.89. The van der Waals surface area contributed by atoms with E-state index in [-0.39, 0.29) is 11.7 Å². The number of aryl methyl sites for hydroxylation is 1. The van der Waals surface area contributed by atoms with Crippen LogP contribution in [0.15, 0.2) is 35.0 Å².